The molecule has 4 aromatic carbocycles. The van der Waals surface area contributed by atoms with Crippen molar-refractivity contribution in [3.8, 4) is 11.1 Å². The minimum Gasteiger partial charge on any atom is -0.481 e. The van der Waals surface area contributed by atoms with Gasteiger partial charge in [0.2, 0.25) is 15.9 Å². The Balaban J connectivity index is 1.24. The number of rotatable bonds is 18. The summed E-state index contributed by atoms with van der Waals surface area (Å²) in [6.45, 7) is 0.0526. The van der Waals surface area contributed by atoms with Crippen molar-refractivity contribution < 1.29 is 37.6 Å². The van der Waals surface area contributed by atoms with E-state index in [0.29, 0.717) is 19.3 Å². The van der Waals surface area contributed by atoms with E-state index in [2.05, 4.69) is 10.0 Å². The average molecular weight is 743 g/mol. The highest BCUT2D eigenvalue weighted by Gasteiger charge is 2.31. The zero-order valence-corrected chi connectivity index (χ0v) is 30.0. The molecule has 1 aliphatic rings. The Morgan fingerprint density at radius 3 is 2.13 bits per heavy atom. The third-order valence-corrected chi connectivity index (χ3v) is 10.9. The molecule has 3 N–H and O–H groups in total. The van der Waals surface area contributed by atoms with Gasteiger partial charge in [-0.15, -0.1) is 0 Å². The highest BCUT2D eigenvalue weighted by atomic mass is 32.2. The first kappa shape index (κ1) is 38.6. The molecule has 278 valence electrons. The number of carbonyl (C=O) groups excluding carboxylic acids is 2. The molecule has 0 spiro atoms. The maximum absolute atomic E-state index is 13.8. The summed E-state index contributed by atoms with van der Waals surface area (Å²) in [6, 6.07) is 29.5. The number of carbonyl (C=O) groups is 3. The fourth-order valence-corrected chi connectivity index (χ4v) is 7.98. The molecule has 13 nitrogen and oxygen atoms in total. The lowest BCUT2D eigenvalue weighted by molar-refractivity contribution is -0.387. The number of para-hydroxylation sites is 1. The number of likely N-dealkylation sites (N-methyl/N-ethyl adjacent to an activating group) is 1. The molecule has 2 unspecified atom stereocenters. The average Bonchev–Trinajstić information content (AvgIpc) is 3.47. The first-order chi connectivity index (χ1) is 25.5. The molecule has 5 rings (SSSR count). The smallest absolute Gasteiger partial charge is 0.407 e. The van der Waals surface area contributed by atoms with Crippen LogP contribution in [0.5, 0.6) is 0 Å². The molecule has 0 aromatic heterocycles. The van der Waals surface area contributed by atoms with Crippen LogP contribution < -0.4 is 10.0 Å². The van der Waals surface area contributed by atoms with Crippen LogP contribution >= 0.6 is 0 Å². The second-order valence-electron chi connectivity index (χ2n) is 12.9. The van der Waals surface area contributed by atoms with Crippen LogP contribution in [0.4, 0.5) is 10.5 Å². The van der Waals surface area contributed by atoms with Crippen molar-refractivity contribution in [1.82, 2.24) is 14.9 Å². The summed E-state index contributed by atoms with van der Waals surface area (Å²) in [7, 11) is -2.62. The molecule has 1 aliphatic carbocycles. The number of hydrogen-bond acceptors (Lipinski definition) is 8. The molecule has 2 amide bonds. The SMILES string of the molecule is CN(C(=O)C(CC(=O)O)Cc1ccccc1)C(CCCCNS(=O)(=O)c1ccccc1[N+](=O)[O-])CNC(=O)OCC1c2ccccc2-c2ccccc21. The third-order valence-electron chi connectivity index (χ3n) is 9.42. The number of alkyl carbamates (subject to hydrolysis) is 1. The molecule has 0 saturated carbocycles. The van der Waals surface area contributed by atoms with E-state index in [-0.39, 0.29) is 32.0 Å². The van der Waals surface area contributed by atoms with Crippen LogP contribution in [-0.4, -0.2) is 74.1 Å². The van der Waals surface area contributed by atoms with E-state index >= 15 is 0 Å². The number of amides is 2. The van der Waals surface area contributed by atoms with Gasteiger partial charge in [0.25, 0.3) is 5.69 Å². The zero-order valence-electron chi connectivity index (χ0n) is 29.2. The Morgan fingerprint density at radius 2 is 1.49 bits per heavy atom. The topological polar surface area (TPSA) is 185 Å². The number of nitro groups is 1. The minimum absolute atomic E-state index is 0.00796. The van der Waals surface area contributed by atoms with Crippen LogP contribution in [0.15, 0.2) is 108 Å². The van der Waals surface area contributed by atoms with Crippen LogP contribution in [0, 0.1) is 16.0 Å². The molecule has 0 heterocycles. The van der Waals surface area contributed by atoms with Crippen LogP contribution in [0.25, 0.3) is 11.1 Å². The molecule has 0 saturated heterocycles. The highest BCUT2D eigenvalue weighted by Crippen LogP contribution is 2.44. The summed E-state index contributed by atoms with van der Waals surface area (Å²) < 4.78 is 33.8. The van der Waals surface area contributed by atoms with Gasteiger partial charge in [-0.1, -0.05) is 97.4 Å². The summed E-state index contributed by atoms with van der Waals surface area (Å²) in [5.41, 5.74) is 4.57. The molecule has 14 heteroatoms. The van der Waals surface area contributed by atoms with Crippen molar-refractivity contribution in [2.45, 2.75) is 49.0 Å². The molecule has 0 fully saturated rings. The van der Waals surface area contributed by atoms with Gasteiger partial charge < -0.3 is 20.1 Å². The maximum atomic E-state index is 13.8. The number of fused-ring (bicyclic) bond motifs is 3. The molecule has 4 aromatic rings. The molecule has 2 atom stereocenters. The number of nitro benzene ring substituents is 1. The minimum atomic E-state index is -4.18. The first-order valence-electron chi connectivity index (χ1n) is 17.3. The van der Waals surface area contributed by atoms with Crippen molar-refractivity contribution in [3.05, 3.63) is 130 Å². The molecular formula is C39H42N4O9S. The van der Waals surface area contributed by atoms with Crippen LogP contribution in [0.1, 0.15) is 48.3 Å². The van der Waals surface area contributed by atoms with Crippen LogP contribution in [0.3, 0.4) is 0 Å². The van der Waals surface area contributed by atoms with Crippen molar-refractivity contribution in [3.63, 3.8) is 0 Å². The number of nitrogens with one attached hydrogen (secondary N) is 2. The summed E-state index contributed by atoms with van der Waals surface area (Å²) in [6.07, 6.45) is 0.169. The summed E-state index contributed by atoms with van der Waals surface area (Å²) in [5.74, 6) is -2.55. The monoisotopic (exact) mass is 742 g/mol. The summed E-state index contributed by atoms with van der Waals surface area (Å²) in [4.78, 5) is 50.3. The first-order valence-corrected chi connectivity index (χ1v) is 18.8. The standard InChI is InChI=1S/C39H42N4O9S/c1-42(38(46)28(24-37(44)45)23-27-13-3-2-4-14-27)29(15-11-12-22-41-53(50,51)36-21-10-9-20-35(36)43(48)49)25-40-39(47)52-26-34-32-18-7-5-16-30(32)31-17-6-8-19-33(31)34/h2-10,13-14,16-21,28-29,34,41H,11-12,15,22-26H2,1H3,(H,40,47)(H,44,45). The number of carboxylic acid groups (broad SMARTS) is 1. The van der Waals surface area contributed by atoms with Gasteiger partial charge in [-0.25, -0.2) is 17.9 Å². The number of unbranched alkanes of at least 4 members (excludes halogenated alkanes) is 1. The lowest BCUT2D eigenvalue weighted by Gasteiger charge is -2.31. The Kier molecular flexibility index (Phi) is 12.9. The maximum Gasteiger partial charge on any atom is 0.407 e. The van der Waals surface area contributed by atoms with E-state index in [0.717, 1.165) is 39.9 Å². The van der Waals surface area contributed by atoms with Gasteiger partial charge in [-0.3, -0.25) is 19.7 Å². The fraction of sp³-hybridized carbons (Fsp3) is 0.308. The normalized spacial score (nSPS) is 13.3. The number of aliphatic carboxylic acids is 1. The van der Waals surface area contributed by atoms with Gasteiger partial charge in [-0.2, -0.15) is 0 Å². The lowest BCUT2D eigenvalue weighted by Crippen LogP contribution is -2.47. The van der Waals surface area contributed by atoms with Gasteiger partial charge >= 0.3 is 12.1 Å². The van der Waals surface area contributed by atoms with Crippen molar-refractivity contribution in [2.75, 3.05) is 26.7 Å². The van der Waals surface area contributed by atoms with Crippen molar-refractivity contribution in [1.29, 1.82) is 0 Å². The zero-order chi connectivity index (χ0) is 38.0. The van der Waals surface area contributed by atoms with E-state index in [9.17, 15) is 38.0 Å². The fourth-order valence-electron chi connectivity index (χ4n) is 6.73. The van der Waals surface area contributed by atoms with Gasteiger partial charge in [0.05, 0.1) is 17.3 Å². The second kappa shape index (κ2) is 17.8. The molecular weight excluding hydrogens is 701 g/mol. The van der Waals surface area contributed by atoms with E-state index in [4.69, 9.17) is 4.74 Å². The van der Waals surface area contributed by atoms with Crippen LogP contribution in [0.2, 0.25) is 0 Å². The van der Waals surface area contributed by atoms with Gasteiger partial charge in [0.1, 0.15) is 6.61 Å². The van der Waals surface area contributed by atoms with Gasteiger partial charge in [0, 0.05) is 38.2 Å². The Morgan fingerprint density at radius 1 is 0.887 bits per heavy atom. The lowest BCUT2D eigenvalue weighted by atomic mass is 9.94. The Bertz CT molecular complexity index is 2000. The van der Waals surface area contributed by atoms with Crippen LogP contribution in [-0.2, 0) is 30.8 Å². The highest BCUT2D eigenvalue weighted by molar-refractivity contribution is 7.89. The second-order valence-corrected chi connectivity index (χ2v) is 14.6. The van der Waals surface area contributed by atoms with E-state index in [1.54, 1.807) is 7.05 Å². The van der Waals surface area contributed by atoms with Crippen molar-refractivity contribution >= 4 is 33.7 Å². The van der Waals surface area contributed by atoms with Gasteiger partial charge in [-0.05, 0) is 53.1 Å². The predicted octanol–water partition coefficient (Wildman–Crippen LogP) is 5.74. The third kappa shape index (κ3) is 9.84. The van der Waals surface area contributed by atoms with Crippen molar-refractivity contribution in [2.24, 2.45) is 5.92 Å². The number of ether oxygens (including phenoxy) is 1. The molecule has 0 bridgehead atoms. The largest absolute Gasteiger partial charge is 0.481 e. The number of benzene rings is 4. The van der Waals surface area contributed by atoms with Gasteiger partial charge in [0.15, 0.2) is 4.90 Å². The van der Waals surface area contributed by atoms with E-state index in [1.165, 1.54) is 17.0 Å². The molecule has 0 aliphatic heterocycles. The molecule has 0 radical (unpaired) electrons. The predicted molar refractivity (Wildman–Crippen MR) is 198 cm³/mol. The number of hydrogen-bond donors (Lipinski definition) is 3. The number of nitrogens with zero attached hydrogens (tertiary/aromatic N) is 2. The molecule has 53 heavy (non-hydrogen) atoms. The number of carboxylic acids is 1. The summed E-state index contributed by atoms with van der Waals surface area (Å²) >= 11 is 0. The quantitative estimate of drug-likeness (QED) is 0.0649. The van der Waals surface area contributed by atoms with E-state index in [1.807, 2.05) is 78.9 Å². The van der Waals surface area contributed by atoms with E-state index < -0.39 is 61.9 Å². The Labute approximate surface area is 308 Å². The summed E-state index contributed by atoms with van der Waals surface area (Å²) in [5, 5.41) is 23.8. The Hall–Kier alpha value is -5.60. The number of sulfonamides is 1.